The third-order valence-corrected chi connectivity index (χ3v) is 6.77. The lowest BCUT2D eigenvalue weighted by Crippen LogP contribution is -2.49. The molecule has 3 N–H and O–H groups in total. The molecule has 0 saturated heterocycles. The molecule has 2 heterocycles. The summed E-state index contributed by atoms with van der Waals surface area (Å²) in [6.07, 6.45) is 6.79. The molecular formula is C27H36N6O2. The van der Waals surface area contributed by atoms with Crippen LogP contribution in [-0.4, -0.2) is 37.8 Å². The minimum absolute atomic E-state index is 0.106. The van der Waals surface area contributed by atoms with E-state index >= 15 is 0 Å². The van der Waals surface area contributed by atoms with E-state index in [0.29, 0.717) is 11.4 Å². The second kappa shape index (κ2) is 10.1. The zero-order valence-corrected chi connectivity index (χ0v) is 21.3. The summed E-state index contributed by atoms with van der Waals surface area (Å²) in [7, 11) is 0. The molecule has 1 saturated carbocycles. The van der Waals surface area contributed by atoms with E-state index in [9.17, 15) is 9.59 Å². The average molecular weight is 477 g/mol. The number of nitrogens with one attached hydrogen (secondary N) is 3. The van der Waals surface area contributed by atoms with Crippen molar-refractivity contribution < 1.29 is 9.59 Å². The largest absolute Gasteiger partial charge is 0.339 e. The summed E-state index contributed by atoms with van der Waals surface area (Å²) in [6, 6.07) is 8.85. The monoisotopic (exact) mass is 476 g/mol. The minimum Gasteiger partial charge on any atom is -0.339 e. The smallest absolute Gasteiger partial charge is 0.270 e. The number of H-pyrrole nitrogens is 1. The molecule has 1 aliphatic rings. The number of amides is 2. The van der Waals surface area contributed by atoms with Gasteiger partial charge in [0.1, 0.15) is 11.7 Å². The fraction of sp³-hybridized carbons (Fsp3) is 0.481. The quantitative estimate of drug-likeness (QED) is 0.467. The Kier molecular flexibility index (Phi) is 7.10. The SMILES string of the molecule is Cc1n[nH]c(C)c1-c1ccc(NC(=O)C(NC(=O)c2ccnn2C(C)(C)C)C2CCCCC2)cc1. The van der Waals surface area contributed by atoms with Gasteiger partial charge in [-0.2, -0.15) is 10.2 Å². The van der Waals surface area contributed by atoms with E-state index in [4.69, 9.17) is 0 Å². The number of aryl methyl sites for hydroxylation is 2. The number of rotatable bonds is 6. The molecule has 0 spiro atoms. The first-order chi connectivity index (χ1) is 16.6. The topological polar surface area (TPSA) is 105 Å². The molecule has 0 aliphatic heterocycles. The van der Waals surface area contributed by atoms with E-state index in [-0.39, 0.29) is 23.3 Å². The van der Waals surface area contributed by atoms with E-state index in [0.717, 1.165) is 48.2 Å². The fourth-order valence-electron chi connectivity index (χ4n) is 5.01. The fourth-order valence-corrected chi connectivity index (χ4v) is 5.01. The Hall–Kier alpha value is -3.42. The molecule has 0 radical (unpaired) electrons. The van der Waals surface area contributed by atoms with Crippen molar-refractivity contribution >= 4 is 17.5 Å². The van der Waals surface area contributed by atoms with Gasteiger partial charge in [-0.15, -0.1) is 0 Å². The summed E-state index contributed by atoms with van der Waals surface area (Å²) in [5.41, 5.74) is 4.88. The van der Waals surface area contributed by atoms with Crippen molar-refractivity contribution in [3.8, 4) is 11.1 Å². The predicted molar refractivity (Wildman–Crippen MR) is 137 cm³/mol. The van der Waals surface area contributed by atoms with E-state index in [1.54, 1.807) is 16.9 Å². The van der Waals surface area contributed by atoms with Gasteiger partial charge in [0.15, 0.2) is 0 Å². The molecule has 3 aromatic rings. The third-order valence-electron chi connectivity index (χ3n) is 6.77. The van der Waals surface area contributed by atoms with Crippen molar-refractivity contribution in [1.29, 1.82) is 0 Å². The summed E-state index contributed by atoms with van der Waals surface area (Å²) in [6.45, 7) is 9.96. The highest BCUT2D eigenvalue weighted by Gasteiger charge is 2.33. The van der Waals surface area contributed by atoms with Crippen LogP contribution in [0.1, 0.15) is 74.8 Å². The van der Waals surface area contributed by atoms with E-state index in [2.05, 4.69) is 25.9 Å². The maximum atomic E-state index is 13.5. The van der Waals surface area contributed by atoms with Gasteiger partial charge in [0.25, 0.3) is 5.91 Å². The average Bonchev–Trinajstić information content (AvgIpc) is 3.45. The van der Waals surface area contributed by atoms with Gasteiger partial charge in [0.2, 0.25) is 5.91 Å². The lowest BCUT2D eigenvalue weighted by atomic mass is 9.83. The molecule has 1 aliphatic carbocycles. The van der Waals surface area contributed by atoms with Crippen LogP contribution in [0.15, 0.2) is 36.5 Å². The number of hydrogen-bond donors (Lipinski definition) is 3. The maximum absolute atomic E-state index is 13.5. The molecule has 1 aromatic carbocycles. The zero-order chi connectivity index (χ0) is 25.2. The van der Waals surface area contributed by atoms with Gasteiger partial charge in [-0.1, -0.05) is 31.4 Å². The molecule has 2 amide bonds. The lowest BCUT2D eigenvalue weighted by molar-refractivity contribution is -0.119. The summed E-state index contributed by atoms with van der Waals surface area (Å²) >= 11 is 0. The van der Waals surface area contributed by atoms with Gasteiger partial charge >= 0.3 is 0 Å². The molecular weight excluding hydrogens is 440 g/mol. The third kappa shape index (κ3) is 5.47. The lowest BCUT2D eigenvalue weighted by Gasteiger charge is -2.30. The number of benzene rings is 1. The van der Waals surface area contributed by atoms with Crippen LogP contribution in [0.3, 0.4) is 0 Å². The standard InChI is InChI=1S/C27H36N6O2/c1-17-23(18(2)32-31-17)19-11-13-21(14-12-19)29-26(35)24(20-9-7-6-8-10-20)30-25(34)22-15-16-28-33(22)27(3,4)5/h11-16,20,24H,6-10H2,1-5H3,(H,29,35)(H,30,34)(H,31,32). The van der Waals surface area contributed by atoms with Crippen LogP contribution in [0, 0.1) is 19.8 Å². The molecule has 2 aromatic heterocycles. The molecule has 1 fully saturated rings. The zero-order valence-electron chi connectivity index (χ0n) is 21.3. The summed E-state index contributed by atoms with van der Waals surface area (Å²) in [4.78, 5) is 26.7. The van der Waals surface area contributed by atoms with Crippen LogP contribution in [0.25, 0.3) is 11.1 Å². The highest BCUT2D eigenvalue weighted by molar-refractivity contribution is 6.00. The number of carbonyl (C=O) groups is 2. The van der Waals surface area contributed by atoms with Crippen LogP contribution < -0.4 is 10.6 Å². The van der Waals surface area contributed by atoms with Crippen LogP contribution in [0.4, 0.5) is 5.69 Å². The van der Waals surface area contributed by atoms with Crippen molar-refractivity contribution in [2.45, 2.75) is 78.3 Å². The number of carbonyl (C=O) groups excluding carboxylic acids is 2. The van der Waals surface area contributed by atoms with Crippen molar-refractivity contribution in [3.63, 3.8) is 0 Å². The van der Waals surface area contributed by atoms with Gasteiger partial charge in [-0.05, 0) is 77.1 Å². The van der Waals surface area contributed by atoms with E-state index < -0.39 is 6.04 Å². The molecule has 4 rings (SSSR count). The first-order valence-corrected chi connectivity index (χ1v) is 12.4. The van der Waals surface area contributed by atoms with Crippen molar-refractivity contribution in [3.05, 3.63) is 53.6 Å². The number of aromatic nitrogens is 4. The number of aromatic amines is 1. The molecule has 1 unspecified atom stereocenters. The second-order valence-electron chi connectivity index (χ2n) is 10.5. The Morgan fingerprint density at radius 1 is 1.06 bits per heavy atom. The highest BCUT2D eigenvalue weighted by Crippen LogP contribution is 2.29. The van der Waals surface area contributed by atoms with Crippen molar-refractivity contribution in [2.75, 3.05) is 5.32 Å². The first kappa shape index (κ1) is 24.7. The minimum atomic E-state index is -0.607. The maximum Gasteiger partial charge on any atom is 0.270 e. The Bertz CT molecular complexity index is 1160. The summed E-state index contributed by atoms with van der Waals surface area (Å²) < 4.78 is 1.71. The highest BCUT2D eigenvalue weighted by atomic mass is 16.2. The van der Waals surface area contributed by atoms with Crippen LogP contribution in [0.5, 0.6) is 0 Å². The van der Waals surface area contributed by atoms with Gasteiger partial charge in [0, 0.05) is 23.1 Å². The summed E-state index contributed by atoms with van der Waals surface area (Å²) in [5, 5.41) is 17.7. The second-order valence-corrected chi connectivity index (χ2v) is 10.5. The molecule has 8 nitrogen and oxygen atoms in total. The number of anilines is 1. The van der Waals surface area contributed by atoms with Gasteiger partial charge in [-0.25, -0.2) is 0 Å². The van der Waals surface area contributed by atoms with Crippen molar-refractivity contribution in [1.82, 2.24) is 25.3 Å². The Morgan fingerprint density at radius 3 is 2.34 bits per heavy atom. The van der Waals surface area contributed by atoms with Crippen LogP contribution >= 0.6 is 0 Å². The molecule has 8 heteroatoms. The predicted octanol–water partition coefficient (Wildman–Crippen LogP) is 4.96. The first-order valence-electron chi connectivity index (χ1n) is 12.4. The Morgan fingerprint density at radius 2 is 1.74 bits per heavy atom. The summed E-state index contributed by atoms with van der Waals surface area (Å²) in [5.74, 6) is -0.353. The van der Waals surface area contributed by atoms with Crippen LogP contribution in [0.2, 0.25) is 0 Å². The molecule has 35 heavy (non-hydrogen) atoms. The van der Waals surface area contributed by atoms with Gasteiger partial charge in [-0.3, -0.25) is 19.4 Å². The normalized spacial score (nSPS) is 15.6. The van der Waals surface area contributed by atoms with Gasteiger partial charge < -0.3 is 10.6 Å². The Labute approximate surface area is 206 Å². The molecule has 1 atom stereocenters. The number of nitrogens with zero attached hydrogens (tertiary/aromatic N) is 3. The molecule has 0 bridgehead atoms. The molecule has 186 valence electrons. The van der Waals surface area contributed by atoms with E-state index in [1.807, 2.05) is 58.9 Å². The van der Waals surface area contributed by atoms with Crippen molar-refractivity contribution in [2.24, 2.45) is 5.92 Å². The number of hydrogen-bond acceptors (Lipinski definition) is 4. The van der Waals surface area contributed by atoms with Crippen LogP contribution in [-0.2, 0) is 10.3 Å². The van der Waals surface area contributed by atoms with E-state index in [1.165, 1.54) is 6.42 Å². The van der Waals surface area contributed by atoms with Gasteiger partial charge in [0.05, 0.1) is 11.2 Å². The Balaban J connectivity index is 1.52.